The van der Waals surface area contributed by atoms with Crippen molar-refractivity contribution in [2.45, 2.75) is 31.9 Å². The maximum atomic E-state index is 13.7. The van der Waals surface area contributed by atoms with Crippen LogP contribution in [0.3, 0.4) is 0 Å². The molecule has 2 N–H and O–H groups in total. The Morgan fingerprint density at radius 2 is 1.84 bits per heavy atom. The molecule has 192 valence electrons. The van der Waals surface area contributed by atoms with Crippen LogP contribution in [-0.2, 0) is 14.3 Å². The zero-order chi connectivity index (χ0) is 26.2. The van der Waals surface area contributed by atoms with Crippen molar-refractivity contribution < 1.29 is 23.9 Å². The number of benzene rings is 2. The molecule has 1 aliphatic heterocycles. The predicted molar refractivity (Wildman–Crippen MR) is 142 cm³/mol. The van der Waals surface area contributed by atoms with Crippen molar-refractivity contribution >= 4 is 40.5 Å². The Bertz CT molecular complexity index is 1240. The second kappa shape index (κ2) is 12.4. The molecule has 1 aromatic heterocycles. The van der Waals surface area contributed by atoms with Gasteiger partial charge in [-0.25, -0.2) is 0 Å². The number of amides is 3. The second-order valence-corrected chi connectivity index (χ2v) is 9.67. The standard InChI is InChI=1S/C28H29N3O5S/c1-19(32)21-10-5-11-22(16-21)31(25(33)18-30-27(34)24-13-7-15-37-24)26(20-8-3-2-4-9-20)28(35)29-17-23-12-6-14-36-23/h2-5,7-11,13,15-16,23,26H,6,12,14,17-18H2,1H3,(H,29,35)(H,30,34)/t23-,26+/m0/s1. The number of thiophene rings is 1. The summed E-state index contributed by atoms with van der Waals surface area (Å²) in [7, 11) is 0. The van der Waals surface area contributed by atoms with E-state index < -0.39 is 11.9 Å². The first-order chi connectivity index (χ1) is 17.9. The van der Waals surface area contributed by atoms with E-state index in [-0.39, 0.29) is 30.2 Å². The lowest BCUT2D eigenvalue weighted by atomic mass is 10.0. The van der Waals surface area contributed by atoms with Gasteiger partial charge < -0.3 is 15.4 Å². The molecule has 1 saturated heterocycles. The van der Waals surface area contributed by atoms with Crippen molar-refractivity contribution in [1.82, 2.24) is 10.6 Å². The molecule has 1 fully saturated rings. The maximum Gasteiger partial charge on any atom is 0.261 e. The van der Waals surface area contributed by atoms with Gasteiger partial charge in [0.25, 0.3) is 5.91 Å². The molecule has 3 amide bonds. The quantitative estimate of drug-likeness (QED) is 0.397. The Morgan fingerprint density at radius 1 is 1.03 bits per heavy atom. The summed E-state index contributed by atoms with van der Waals surface area (Å²) in [5.74, 6) is -1.42. The van der Waals surface area contributed by atoms with E-state index in [4.69, 9.17) is 4.74 Å². The van der Waals surface area contributed by atoms with Crippen molar-refractivity contribution in [3.63, 3.8) is 0 Å². The van der Waals surface area contributed by atoms with E-state index in [9.17, 15) is 19.2 Å². The topological polar surface area (TPSA) is 105 Å². The number of hydrogen-bond acceptors (Lipinski definition) is 6. The molecule has 1 aliphatic rings. The van der Waals surface area contributed by atoms with Crippen LogP contribution in [0.1, 0.15) is 51.4 Å². The molecular formula is C28H29N3O5S. The molecule has 0 aliphatic carbocycles. The third kappa shape index (κ3) is 6.69. The highest BCUT2D eigenvalue weighted by atomic mass is 32.1. The number of ketones is 1. The number of ether oxygens (including phenoxy) is 1. The fourth-order valence-corrected chi connectivity index (χ4v) is 4.86. The van der Waals surface area contributed by atoms with Crippen molar-refractivity contribution in [1.29, 1.82) is 0 Å². The van der Waals surface area contributed by atoms with E-state index in [0.29, 0.717) is 34.8 Å². The molecule has 2 atom stereocenters. The summed E-state index contributed by atoms with van der Waals surface area (Å²) >= 11 is 1.27. The summed E-state index contributed by atoms with van der Waals surface area (Å²) in [6.07, 6.45) is 1.72. The predicted octanol–water partition coefficient (Wildman–Crippen LogP) is 3.75. The molecule has 0 radical (unpaired) electrons. The van der Waals surface area contributed by atoms with Gasteiger partial charge in [-0.05, 0) is 48.9 Å². The molecule has 9 heteroatoms. The van der Waals surface area contributed by atoms with Crippen LogP contribution < -0.4 is 15.5 Å². The number of carbonyl (C=O) groups is 4. The van der Waals surface area contributed by atoms with E-state index in [1.165, 1.54) is 23.2 Å². The van der Waals surface area contributed by atoms with Crippen molar-refractivity contribution in [2.75, 3.05) is 24.6 Å². The lowest BCUT2D eigenvalue weighted by Gasteiger charge is -2.32. The van der Waals surface area contributed by atoms with Crippen LogP contribution in [0.4, 0.5) is 5.69 Å². The molecule has 0 saturated carbocycles. The van der Waals surface area contributed by atoms with Crippen LogP contribution in [0.2, 0.25) is 0 Å². The van der Waals surface area contributed by atoms with Gasteiger partial charge in [-0.2, -0.15) is 0 Å². The van der Waals surface area contributed by atoms with Gasteiger partial charge in [0, 0.05) is 24.4 Å². The van der Waals surface area contributed by atoms with Crippen LogP contribution in [0.25, 0.3) is 0 Å². The fourth-order valence-electron chi connectivity index (χ4n) is 4.22. The SMILES string of the molecule is CC(=O)c1cccc(N(C(=O)CNC(=O)c2cccs2)[C@@H](C(=O)NC[C@@H]2CCCO2)c2ccccc2)c1. The van der Waals surface area contributed by atoms with E-state index in [1.807, 2.05) is 6.07 Å². The van der Waals surface area contributed by atoms with Gasteiger partial charge in [-0.1, -0.05) is 48.5 Å². The number of nitrogens with one attached hydrogen (secondary N) is 2. The first-order valence-corrected chi connectivity index (χ1v) is 13.0. The molecule has 37 heavy (non-hydrogen) atoms. The molecule has 3 aromatic rings. The Balaban J connectivity index is 1.67. The number of anilines is 1. The van der Waals surface area contributed by atoms with E-state index >= 15 is 0 Å². The van der Waals surface area contributed by atoms with Gasteiger partial charge in [0.2, 0.25) is 11.8 Å². The van der Waals surface area contributed by atoms with E-state index in [0.717, 1.165) is 12.8 Å². The second-order valence-electron chi connectivity index (χ2n) is 8.72. The van der Waals surface area contributed by atoms with Crippen molar-refractivity contribution in [2.24, 2.45) is 0 Å². The molecule has 8 nitrogen and oxygen atoms in total. The number of Topliss-reactive ketones (excluding diaryl/α,β-unsaturated/α-hetero) is 1. The summed E-state index contributed by atoms with van der Waals surface area (Å²) in [6.45, 7) is 2.10. The van der Waals surface area contributed by atoms with Crippen LogP contribution in [-0.4, -0.2) is 49.3 Å². The number of nitrogens with zero attached hydrogens (tertiary/aromatic N) is 1. The largest absolute Gasteiger partial charge is 0.376 e. The van der Waals surface area contributed by atoms with Gasteiger partial charge in [-0.3, -0.25) is 24.1 Å². The molecular weight excluding hydrogens is 490 g/mol. The minimum absolute atomic E-state index is 0.0735. The third-order valence-corrected chi connectivity index (χ3v) is 6.96. The minimum atomic E-state index is -1.03. The van der Waals surface area contributed by atoms with Crippen molar-refractivity contribution in [3.8, 4) is 0 Å². The summed E-state index contributed by atoms with van der Waals surface area (Å²) in [4.78, 5) is 53.8. The zero-order valence-electron chi connectivity index (χ0n) is 20.5. The van der Waals surface area contributed by atoms with Crippen LogP contribution in [0, 0.1) is 0 Å². The highest BCUT2D eigenvalue weighted by Crippen LogP contribution is 2.29. The number of carbonyl (C=O) groups excluding carboxylic acids is 4. The van der Waals surface area contributed by atoms with E-state index in [2.05, 4.69) is 10.6 Å². The van der Waals surface area contributed by atoms with Gasteiger partial charge in [0.05, 0.1) is 17.5 Å². The minimum Gasteiger partial charge on any atom is -0.376 e. The van der Waals surface area contributed by atoms with Crippen LogP contribution >= 0.6 is 11.3 Å². The Hall–Kier alpha value is -3.82. The monoisotopic (exact) mass is 519 g/mol. The van der Waals surface area contributed by atoms with Crippen LogP contribution in [0.15, 0.2) is 72.1 Å². The van der Waals surface area contributed by atoms with Gasteiger partial charge in [0.15, 0.2) is 5.78 Å². The Kier molecular flexibility index (Phi) is 8.81. The highest BCUT2D eigenvalue weighted by molar-refractivity contribution is 7.12. The van der Waals surface area contributed by atoms with Gasteiger partial charge in [-0.15, -0.1) is 11.3 Å². The Labute approximate surface area is 219 Å². The first kappa shape index (κ1) is 26.2. The summed E-state index contributed by atoms with van der Waals surface area (Å²) in [5.41, 5.74) is 1.38. The molecule has 2 aromatic carbocycles. The van der Waals surface area contributed by atoms with Gasteiger partial charge in [0.1, 0.15) is 6.04 Å². The summed E-state index contributed by atoms with van der Waals surface area (Å²) in [5, 5.41) is 7.38. The number of rotatable bonds is 10. The highest BCUT2D eigenvalue weighted by Gasteiger charge is 2.33. The summed E-state index contributed by atoms with van der Waals surface area (Å²) < 4.78 is 5.64. The molecule has 0 bridgehead atoms. The summed E-state index contributed by atoms with van der Waals surface area (Å²) in [6, 6.07) is 17.9. The Morgan fingerprint density at radius 3 is 2.51 bits per heavy atom. The normalized spacial score (nSPS) is 15.5. The lowest BCUT2D eigenvalue weighted by molar-refractivity contribution is -0.126. The van der Waals surface area contributed by atoms with Crippen LogP contribution in [0.5, 0.6) is 0 Å². The zero-order valence-corrected chi connectivity index (χ0v) is 21.3. The number of hydrogen-bond donors (Lipinski definition) is 2. The van der Waals surface area contributed by atoms with Crippen molar-refractivity contribution in [3.05, 3.63) is 88.1 Å². The molecule has 4 rings (SSSR count). The fraction of sp³-hybridized carbons (Fsp3) is 0.286. The lowest BCUT2D eigenvalue weighted by Crippen LogP contribution is -2.48. The molecule has 0 unspecified atom stereocenters. The smallest absolute Gasteiger partial charge is 0.261 e. The van der Waals surface area contributed by atoms with Gasteiger partial charge >= 0.3 is 0 Å². The molecule has 2 heterocycles. The maximum absolute atomic E-state index is 13.7. The molecule has 0 spiro atoms. The van der Waals surface area contributed by atoms with E-state index in [1.54, 1.807) is 66.0 Å². The first-order valence-electron chi connectivity index (χ1n) is 12.1. The average molecular weight is 520 g/mol. The third-order valence-electron chi connectivity index (χ3n) is 6.09. The average Bonchev–Trinajstić information content (AvgIpc) is 3.64.